The molecular weight excluding hydrogens is 296 g/mol. The van der Waals surface area contributed by atoms with Crippen molar-refractivity contribution in [1.29, 1.82) is 0 Å². The summed E-state index contributed by atoms with van der Waals surface area (Å²) in [7, 11) is 0. The standard InChI is InChI=1S/C13H14N2O5S/c16-11(14-8-13(5-6-13)12(17)18)7-21-10-3-1-9(2-4-10)15(19)20/h1-4H,5-8H2,(H,14,16)(H,17,18). The summed E-state index contributed by atoms with van der Waals surface area (Å²) in [6.07, 6.45) is 1.19. The lowest BCUT2D eigenvalue weighted by Gasteiger charge is -2.10. The molecule has 1 fully saturated rings. The first kappa shape index (κ1) is 15.3. The minimum atomic E-state index is -0.870. The molecule has 1 aliphatic carbocycles. The van der Waals surface area contributed by atoms with Gasteiger partial charge in [0.1, 0.15) is 0 Å². The predicted molar refractivity (Wildman–Crippen MR) is 76.1 cm³/mol. The molecule has 1 aromatic carbocycles. The summed E-state index contributed by atoms with van der Waals surface area (Å²) < 4.78 is 0. The second-order valence-corrected chi connectivity index (χ2v) is 5.95. The van der Waals surface area contributed by atoms with Crippen molar-refractivity contribution in [2.45, 2.75) is 17.7 Å². The Bertz CT molecular complexity index is 568. The van der Waals surface area contributed by atoms with Gasteiger partial charge < -0.3 is 10.4 Å². The van der Waals surface area contributed by atoms with E-state index in [0.717, 1.165) is 4.90 Å². The van der Waals surface area contributed by atoms with Crippen LogP contribution in [0.5, 0.6) is 0 Å². The Morgan fingerprint density at radius 1 is 1.33 bits per heavy atom. The predicted octanol–water partition coefficient (Wildman–Crippen LogP) is 1.67. The summed E-state index contributed by atoms with van der Waals surface area (Å²) >= 11 is 1.25. The lowest BCUT2D eigenvalue weighted by molar-refractivity contribution is -0.384. The van der Waals surface area contributed by atoms with Gasteiger partial charge in [0.2, 0.25) is 5.91 Å². The molecule has 8 heteroatoms. The summed E-state index contributed by atoms with van der Waals surface area (Å²) in [4.78, 5) is 33.4. The fraction of sp³-hybridized carbons (Fsp3) is 0.385. The number of aliphatic carboxylic acids is 1. The number of nitro groups is 1. The van der Waals surface area contributed by atoms with Gasteiger partial charge in [-0.15, -0.1) is 11.8 Å². The number of thioether (sulfide) groups is 1. The first-order valence-electron chi connectivity index (χ1n) is 6.30. The molecule has 0 heterocycles. The Morgan fingerprint density at radius 3 is 2.43 bits per heavy atom. The summed E-state index contributed by atoms with van der Waals surface area (Å²) in [5.74, 6) is -0.968. The maximum atomic E-state index is 11.7. The molecule has 21 heavy (non-hydrogen) atoms. The fourth-order valence-corrected chi connectivity index (χ4v) is 2.48. The smallest absolute Gasteiger partial charge is 0.311 e. The molecule has 112 valence electrons. The Kier molecular flexibility index (Phi) is 4.46. The number of nitrogens with one attached hydrogen (secondary N) is 1. The van der Waals surface area contributed by atoms with Gasteiger partial charge in [-0.2, -0.15) is 0 Å². The third-order valence-corrected chi connectivity index (χ3v) is 4.36. The van der Waals surface area contributed by atoms with Crippen LogP contribution in [0.3, 0.4) is 0 Å². The summed E-state index contributed by atoms with van der Waals surface area (Å²) in [5, 5.41) is 22.1. The Balaban J connectivity index is 1.76. The summed E-state index contributed by atoms with van der Waals surface area (Å²) in [5.41, 5.74) is -0.769. The van der Waals surface area contributed by atoms with E-state index in [1.54, 1.807) is 12.1 Å². The maximum Gasteiger partial charge on any atom is 0.311 e. The minimum Gasteiger partial charge on any atom is -0.481 e. The van der Waals surface area contributed by atoms with Crippen LogP contribution < -0.4 is 5.32 Å². The molecule has 2 N–H and O–H groups in total. The van der Waals surface area contributed by atoms with Gasteiger partial charge in [-0.05, 0) is 25.0 Å². The summed E-state index contributed by atoms with van der Waals surface area (Å²) in [6, 6.07) is 5.92. The van der Waals surface area contributed by atoms with Crippen LogP contribution in [-0.4, -0.2) is 34.2 Å². The maximum absolute atomic E-state index is 11.7. The van der Waals surface area contributed by atoms with E-state index in [1.807, 2.05) is 0 Å². The van der Waals surface area contributed by atoms with Crippen molar-refractivity contribution >= 4 is 29.3 Å². The normalized spacial score (nSPS) is 15.2. The molecule has 0 aromatic heterocycles. The molecule has 0 saturated heterocycles. The minimum absolute atomic E-state index is 0.000866. The Labute approximate surface area is 124 Å². The second-order valence-electron chi connectivity index (χ2n) is 4.90. The van der Waals surface area contributed by atoms with Crippen molar-refractivity contribution in [2.75, 3.05) is 12.3 Å². The number of nitro benzene ring substituents is 1. The zero-order chi connectivity index (χ0) is 15.5. The lowest BCUT2D eigenvalue weighted by Crippen LogP contribution is -2.35. The lowest BCUT2D eigenvalue weighted by atomic mass is 10.1. The number of carboxylic acid groups (broad SMARTS) is 1. The molecule has 0 bridgehead atoms. The van der Waals surface area contributed by atoms with Crippen molar-refractivity contribution in [3.05, 3.63) is 34.4 Å². The molecule has 0 atom stereocenters. The van der Waals surface area contributed by atoms with Crippen LogP contribution in [0.2, 0.25) is 0 Å². The molecule has 1 aromatic rings. The molecular formula is C13H14N2O5S. The first-order chi connectivity index (χ1) is 9.93. The van der Waals surface area contributed by atoms with Crippen molar-refractivity contribution in [3.63, 3.8) is 0 Å². The number of nitrogens with zero attached hydrogens (tertiary/aromatic N) is 1. The van der Waals surface area contributed by atoms with E-state index in [1.165, 1.54) is 23.9 Å². The van der Waals surface area contributed by atoms with Gasteiger partial charge in [0.15, 0.2) is 0 Å². The van der Waals surface area contributed by atoms with E-state index in [0.29, 0.717) is 12.8 Å². The highest BCUT2D eigenvalue weighted by Crippen LogP contribution is 2.45. The largest absolute Gasteiger partial charge is 0.481 e. The van der Waals surface area contributed by atoms with E-state index in [4.69, 9.17) is 5.11 Å². The van der Waals surface area contributed by atoms with E-state index in [9.17, 15) is 19.7 Å². The monoisotopic (exact) mass is 310 g/mol. The zero-order valence-electron chi connectivity index (χ0n) is 11.1. The van der Waals surface area contributed by atoms with Crippen LogP contribution in [0.15, 0.2) is 29.2 Å². The van der Waals surface area contributed by atoms with Crippen molar-refractivity contribution < 1.29 is 19.6 Å². The van der Waals surface area contributed by atoms with E-state index in [-0.39, 0.29) is 23.9 Å². The quantitative estimate of drug-likeness (QED) is 0.450. The second kappa shape index (κ2) is 6.13. The molecule has 1 aliphatic rings. The highest BCUT2D eigenvalue weighted by molar-refractivity contribution is 8.00. The molecule has 0 unspecified atom stereocenters. The topological polar surface area (TPSA) is 110 Å². The third kappa shape index (κ3) is 3.94. The number of rotatable bonds is 7. The molecule has 0 spiro atoms. The number of amides is 1. The molecule has 1 amide bonds. The van der Waals surface area contributed by atoms with Gasteiger partial charge in [0.25, 0.3) is 5.69 Å². The molecule has 1 saturated carbocycles. The van der Waals surface area contributed by atoms with E-state index >= 15 is 0 Å². The Hall–Kier alpha value is -2.09. The fourth-order valence-electron chi connectivity index (χ4n) is 1.75. The van der Waals surface area contributed by atoms with Crippen LogP contribution >= 0.6 is 11.8 Å². The number of non-ortho nitro benzene ring substituents is 1. The van der Waals surface area contributed by atoms with Crippen LogP contribution in [0, 0.1) is 15.5 Å². The zero-order valence-corrected chi connectivity index (χ0v) is 11.9. The number of carbonyl (C=O) groups excluding carboxylic acids is 1. The number of benzene rings is 1. The molecule has 7 nitrogen and oxygen atoms in total. The highest BCUT2D eigenvalue weighted by atomic mass is 32.2. The van der Waals surface area contributed by atoms with Crippen molar-refractivity contribution in [3.8, 4) is 0 Å². The molecule has 0 aliphatic heterocycles. The Morgan fingerprint density at radius 2 is 1.95 bits per heavy atom. The van der Waals surface area contributed by atoms with Crippen LogP contribution in [0.1, 0.15) is 12.8 Å². The van der Waals surface area contributed by atoms with Gasteiger partial charge in [0, 0.05) is 23.6 Å². The number of hydrogen-bond donors (Lipinski definition) is 2. The average molecular weight is 310 g/mol. The van der Waals surface area contributed by atoms with Gasteiger partial charge in [-0.25, -0.2) is 0 Å². The number of carbonyl (C=O) groups is 2. The third-order valence-electron chi connectivity index (χ3n) is 3.35. The van der Waals surface area contributed by atoms with Gasteiger partial charge in [-0.1, -0.05) is 0 Å². The van der Waals surface area contributed by atoms with Crippen LogP contribution in [0.4, 0.5) is 5.69 Å². The average Bonchev–Trinajstić information content (AvgIpc) is 3.24. The van der Waals surface area contributed by atoms with Crippen molar-refractivity contribution in [1.82, 2.24) is 5.32 Å². The SMILES string of the molecule is O=C(CSc1ccc([N+](=O)[O-])cc1)NCC1(C(=O)O)CC1. The van der Waals surface area contributed by atoms with E-state index < -0.39 is 16.3 Å². The van der Waals surface area contributed by atoms with Gasteiger partial charge >= 0.3 is 5.97 Å². The van der Waals surface area contributed by atoms with E-state index in [2.05, 4.69) is 5.32 Å². The van der Waals surface area contributed by atoms with Gasteiger partial charge in [-0.3, -0.25) is 19.7 Å². The van der Waals surface area contributed by atoms with Crippen LogP contribution in [0.25, 0.3) is 0 Å². The van der Waals surface area contributed by atoms with Crippen molar-refractivity contribution in [2.24, 2.45) is 5.41 Å². The molecule has 2 rings (SSSR count). The highest BCUT2D eigenvalue weighted by Gasteiger charge is 2.50. The van der Waals surface area contributed by atoms with Gasteiger partial charge in [0.05, 0.1) is 16.1 Å². The summed E-state index contributed by atoms with van der Waals surface area (Å²) in [6.45, 7) is 0.155. The first-order valence-corrected chi connectivity index (χ1v) is 7.29. The molecule has 0 radical (unpaired) electrons. The van der Waals surface area contributed by atoms with Crippen LogP contribution in [-0.2, 0) is 9.59 Å². The number of hydrogen-bond acceptors (Lipinski definition) is 5. The number of carboxylic acids is 1.